The molecule has 3 rings (SSSR count). The molecule has 0 unspecified atom stereocenters. The van der Waals surface area contributed by atoms with Gasteiger partial charge in [-0.25, -0.2) is 14.8 Å². The van der Waals surface area contributed by atoms with Gasteiger partial charge in [-0.3, -0.25) is 10.2 Å². The average Bonchev–Trinajstić information content (AvgIpc) is 2.87. The Morgan fingerprint density at radius 1 is 1.32 bits per heavy atom. The number of carboxylic acids is 1. The Kier molecular flexibility index (Phi) is 5.90. The van der Waals surface area contributed by atoms with Gasteiger partial charge in [-0.05, 0) is 44.3 Å². The molecule has 8 nitrogen and oxygen atoms in total. The zero-order chi connectivity index (χ0) is 20.3. The van der Waals surface area contributed by atoms with Gasteiger partial charge in [0.05, 0.1) is 4.91 Å². The van der Waals surface area contributed by atoms with Gasteiger partial charge in [0.25, 0.3) is 5.91 Å². The maximum absolute atomic E-state index is 12.8. The predicted molar refractivity (Wildman–Crippen MR) is 110 cm³/mol. The number of carboxylic acid groups (broad SMARTS) is 1. The van der Waals surface area contributed by atoms with E-state index in [0.717, 1.165) is 23.1 Å². The number of nitrogens with zero attached hydrogens (tertiary/aromatic N) is 3. The number of carbonyl (C=O) groups is 2. The second kappa shape index (κ2) is 8.36. The molecule has 1 saturated heterocycles. The van der Waals surface area contributed by atoms with Gasteiger partial charge in [0.1, 0.15) is 5.75 Å². The molecule has 1 aliphatic rings. The lowest BCUT2D eigenvalue weighted by atomic mass is 10.2. The smallest absolute Gasteiger partial charge is 0.341 e. The van der Waals surface area contributed by atoms with E-state index in [1.807, 2.05) is 19.9 Å². The summed E-state index contributed by atoms with van der Waals surface area (Å²) in [5.41, 5.74) is 4.95. The third-order valence-corrected chi connectivity index (χ3v) is 4.85. The Bertz CT molecular complexity index is 973. The van der Waals surface area contributed by atoms with Crippen molar-refractivity contribution in [1.82, 2.24) is 15.0 Å². The van der Waals surface area contributed by atoms with Gasteiger partial charge in [-0.1, -0.05) is 30.0 Å². The van der Waals surface area contributed by atoms with Crippen LogP contribution in [0, 0.1) is 13.8 Å². The second-order valence-corrected chi connectivity index (χ2v) is 7.50. The molecule has 1 amide bonds. The van der Waals surface area contributed by atoms with Crippen LogP contribution in [0.3, 0.4) is 0 Å². The van der Waals surface area contributed by atoms with E-state index in [-0.39, 0.29) is 11.9 Å². The number of anilines is 1. The molecule has 0 atom stereocenters. The molecule has 2 N–H and O–H groups in total. The summed E-state index contributed by atoms with van der Waals surface area (Å²) in [5, 5.41) is 10.0. The van der Waals surface area contributed by atoms with E-state index >= 15 is 0 Å². The van der Waals surface area contributed by atoms with E-state index < -0.39 is 12.6 Å². The van der Waals surface area contributed by atoms with Gasteiger partial charge in [-0.2, -0.15) is 5.01 Å². The van der Waals surface area contributed by atoms with Crippen molar-refractivity contribution in [3.05, 3.63) is 52.2 Å². The number of benzene rings is 1. The van der Waals surface area contributed by atoms with Crippen LogP contribution in [0.1, 0.15) is 17.0 Å². The van der Waals surface area contributed by atoms with Crippen LogP contribution in [0.2, 0.25) is 0 Å². The Balaban J connectivity index is 1.82. The van der Waals surface area contributed by atoms with Crippen molar-refractivity contribution in [3.8, 4) is 5.75 Å². The lowest BCUT2D eigenvalue weighted by Crippen LogP contribution is -2.34. The number of aliphatic carboxylic acids is 1. The molecule has 10 heteroatoms. The van der Waals surface area contributed by atoms with Crippen molar-refractivity contribution in [2.75, 3.05) is 12.0 Å². The Hall–Kier alpha value is -2.98. The molecular weight excluding hydrogens is 400 g/mol. The van der Waals surface area contributed by atoms with Crippen LogP contribution in [0.5, 0.6) is 5.75 Å². The summed E-state index contributed by atoms with van der Waals surface area (Å²) in [5.74, 6) is -0.800. The first kappa shape index (κ1) is 19.8. The number of thioether (sulfide) groups is 1. The molecule has 2 heterocycles. The fourth-order valence-corrected chi connectivity index (χ4v) is 3.62. The van der Waals surface area contributed by atoms with E-state index in [1.54, 1.807) is 30.3 Å². The molecule has 1 aromatic carbocycles. The number of para-hydroxylation sites is 1. The van der Waals surface area contributed by atoms with Crippen molar-refractivity contribution < 1.29 is 19.4 Å². The van der Waals surface area contributed by atoms with Gasteiger partial charge in [-0.15, -0.1) is 0 Å². The molecule has 2 aromatic rings. The van der Waals surface area contributed by atoms with Crippen molar-refractivity contribution in [1.29, 1.82) is 0 Å². The summed E-state index contributed by atoms with van der Waals surface area (Å²) in [6.07, 6.45) is 1.61. The quantitative estimate of drug-likeness (QED) is 0.543. The molecule has 28 heavy (non-hydrogen) atoms. The molecule has 1 aromatic heterocycles. The van der Waals surface area contributed by atoms with Crippen LogP contribution in [0.25, 0.3) is 6.08 Å². The molecule has 0 saturated carbocycles. The maximum Gasteiger partial charge on any atom is 0.341 e. The number of hydrogen-bond donors (Lipinski definition) is 2. The summed E-state index contributed by atoms with van der Waals surface area (Å²) in [4.78, 5) is 32.4. The second-order valence-electron chi connectivity index (χ2n) is 5.82. The van der Waals surface area contributed by atoms with E-state index in [0.29, 0.717) is 20.5 Å². The normalized spacial score (nSPS) is 15.2. The Labute approximate surface area is 170 Å². The minimum atomic E-state index is -1.08. The predicted octanol–water partition coefficient (Wildman–Crippen LogP) is 2.79. The van der Waals surface area contributed by atoms with Gasteiger partial charge < -0.3 is 9.84 Å². The van der Waals surface area contributed by atoms with Gasteiger partial charge in [0, 0.05) is 17.0 Å². The molecule has 0 aliphatic carbocycles. The molecule has 1 aliphatic heterocycles. The highest BCUT2D eigenvalue weighted by Crippen LogP contribution is 2.34. The largest absolute Gasteiger partial charge is 0.481 e. The van der Waals surface area contributed by atoms with Crippen molar-refractivity contribution in [3.63, 3.8) is 0 Å². The number of rotatable bonds is 6. The summed E-state index contributed by atoms with van der Waals surface area (Å²) in [6.45, 7) is 3.19. The van der Waals surface area contributed by atoms with E-state index in [2.05, 4.69) is 15.4 Å². The minimum Gasteiger partial charge on any atom is -0.481 e. The highest BCUT2D eigenvalue weighted by molar-refractivity contribution is 8.26. The lowest BCUT2D eigenvalue weighted by molar-refractivity contribution is -0.139. The summed E-state index contributed by atoms with van der Waals surface area (Å²) >= 11 is 6.41. The fourth-order valence-electron chi connectivity index (χ4n) is 2.45. The number of amides is 1. The van der Waals surface area contributed by atoms with Crippen molar-refractivity contribution >= 4 is 52.2 Å². The Morgan fingerprint density at radius 3 is 2.68 bits per heavy atom. The SMILES string of the molecule is Cc1cc(C)nc(NN2C(=O)/C(=C/c3ccccc3OCC(=O)O)SC2=S)n1. The minimum absolute atomic E-state index is 0.278. The van der Waals surface area contributed by atoms with E-state index in [4.69, 9.17) is 22.1 Å². The van der Waals surface area contributed by atoms with Crippen LogP contribution in [0.15, 0.2) is 35.2 Å². The Morgan fingerprint density at radius 2 is 2.00 bits per heavy atom. The molecule has 0 radical (unpaired) electrons. The fraction of sp³-hybridized carbons (Fsp3) is 0.167. The summed E-state index contributed by atoms with van der Waals surface area (Å²) in [6, 6.07) is 8.67. The zero-order valence-electron chi connectivity index (χ0n) is 15.0. The van der Waals surface area contributed by atoms with Crippen molar-refractivity contribution in [2.24, 2.45) is 0 Å². The lowest BCUT2D eigenvalue weighted by Gasteiger charge is -2.16. The van der Waals surface area contributed by atoms with Gasteiger partial charge >= 0.3 is 5.97 Å². The van der Waals surface area contributed by atoms with Crippen LogP contribution in [-0.4, -0.2) is 42.9 Å². The number of aromatic nitrogens is 2. The van der Waals surface area contributed by atoms with Crippen LogP contribution < -0.4 is 10.2 Å². The molecule has 0 bridgehead atoms. The molecule has 1 fully saturated rings. The third-order valence-electron chi connectivity index (χ3n) is 3.54. The van der Waals surface area contributed by atoms with Gasteiger partial charge in [0.2, 0.25) is 5.95 Å². The van der Waals surface area contributed by atoms with Crippen molar-refractivity contribution in [2.45, 2.75) is 13.8 Å². The first-order valence-electron chi connectivity index (χ1n) is 8.14. The average molecular weight is 416 g/mol. The summed E-state index contributed by atoms with van der Waals surface area (Å²) < 4.78 is 5.58. The number of thiocarbonyl (C=S) groups is 1. The number of hydrazine groups is 1. The number of carbonyl (C=O) groups excluding carboxylic acids is 1. The maximum atomic E-state index is 12.8. The van der Waals surface area contributed by atoms with Crippen LogP contribution in [0.4, 0.5) is 5.95 Å². The van der Waals surface area contributed by atoms with Gasteiger partial charge in [0.15, 0.2) is 10.9 Å². The molecular formula is C18H16N4O4S2. The number of aryl methyl sites for hydroxylation is 2. The van der Waals surface area contributed by atoms with Crippen LogP contribution in [-0.2, 0) is 9.59 Å². The standard InChI is InChI=1S/C18H16N4O4S2/c1-10-7-11(2)20-17(19-10)21-22-16(25)14(28-18(22)27)8-12-5-3-4-6-13(12)26-9-15(23)24/h3-8H,9H2,1-2H3,(H,23,24)(H,19,20,21)/b14-8-. The summed E-state index contributed by atoms with van der Waals surface area (Å²) in [7, 11) is 0. The highest BCUT2D eigenvalue weighted by atomic mass is 32.2. The molecule has 144 valence electrons. The highest BCUT2D eigenvalue weighted by Gasteiger charge is 2.33. The zero-order valence-corrected chi connectivity index (χ0v) is 16.6. The number of hydrogen-bond acceptors (Lipinski definition) is 8. The van der Waals surface area contributed by atoms with Crippen LogP contribution >= 0.6 is 24.0 Å². The molecule has 0 spiro atoms. The first-order valence-corrected chi connectivity index (χ1v) is 9.36. The third kappa shape index (κ3) is 4.65. The van der Waals surface area contributed by atoms with E-state index in [9.17, 15) is 9.59 Å². The number of nitrogens with one attached hydrogen (secondary N) is 1. The topological polar surface area (TPSA) is 105 Å². The number of ether oxygens (including phenoxy) is 1. The monoisotopic (exact) mass is 416 g/mol. The first-order chi connectivity index (χ1) is 13.3. The van der Waals surface area contributed by atoms with E-state index in [1.165, 1.54) is 5.01 Å².